The summed E-state index contributed by atoms with van der Waals surface area (Å²) in [7, 11) is 3.17. The molecule has 0 aliphatic rings. The van der Waals surface area contributed by atoms with Gasteiger partial charge in [-0.3, -0.25) is 0 Å². The van der Waals surface area contributed by atoms with Gasteiger partial charge in [0.25, 0.3) is 0 Å². The van der Waals surface area contributed by atoms with Crippen molar-refractivity contribution in [2.75, 3.05) is 20.8 Å². The zero-order valence-electron chi connectivity index (χ0n) is 19.1. The van der Waals surface area contributed by atoms with Crippen LogP contribution < -0.4 is 20.3 Å². The third-order valence-corrected chi connectivity index (χ3v) is 5.01. The molecule has 1 amide bonds. The first-order valence-electron chi connectivity index (χ1n) is 10.3. The molecule has 7 nitrogen and oxygen atoms in total. The van der Waals surface area contributed by atoms with Gasteiger partial charge in [0.1, 0.15) is 0 Å². The van der Waals surface area contributed by atoms with E-state index in [1.54, 1.807) is 21.1 Å². The number of aliphatic hydroxyl groups excluding tert-OH is 1. The number of aliphatic hydroxyl groups is 1. The standard InChI is InChI=1S/C24H34N2O5/c1-16(27)15-25-23(28)31-26-21(18-13-10-14-19(29-5)22(18)30-6)20(24(2,3)4)17-11-8-7-9-12-17/h7-14,16,20-21,26-27H,15H2,1-6H3,(H,25,28). The molecule has 2 aromatic rings. The van der Waals surface area contributed by atoms with Crippen molar-refractivity contribution in [1.29, 1.82) is 0 Å². The Morgan fingerprint density at radius 2 is 1.71 bits per heavy atom. The number of nitrogens with one attached hydrogen (secondary N) is 2. The molecular formula is C24H34N2O5. The van der Waals surface area contributed by atoms with Crippen LogP contribution in [0.15, 0.2) is 48.5 Å². The molecule has 3 unspecified atom stereocenters. The molecular weight excluding hydrogens is 396 g/mol. The average Bonchev–Trinajstić information content (AvgIpc) is 2.74. The van der Waals surface area contributed by atoms with Crippen LogP contribution >= 0.6 is 0 Å². The third-order valence-electron chi connectivity index (χ3n) is 5.01. The van der Waals surface area contributed by atoms with E-state index in [0.717, 1.165) is 11.1 Å². The van der Waals surface area contributed by atoms with Crippen LogP contribution in [0.4, 0.5) is 4.79 Å². The molecule has 0 aliphatic carbocycles. The first-order chi connectivity index (χ1) is 14.7. The van der Waals surface area contributed by atoms with E-state index in [1.165, 1.54) is 0 Å². The zero-order chi connectivity index (χ0) is 23.0. The highest BCUT2D eigenvalue weighted by Crippen LogP contribution is 2.47. The number of carbonyl (C=O) groups is 1. The fraction of sp³-hybridized carbons (Fsp3) is 0.458. The van der Waals surface area contributed by atoms with Crippen molar-refractivity contribution < 1.29 is 24.2 Å². The van der Waals surface area contributed by atoms with Crippen molar-refractivity contribution in [3.05, 3.63) is 59.7 Å². The second-order valence-electron chi connectivity index (χ2n) is 8.55. The molecule has 170 valence electrons. The van der Waals surface area contributed by atoms with Gasteiger partial charge in [-0.25, -0.2) is 4.79 Å². The minimum Gasteiger partial charge on any atom is -0.493 e. The quantitative estimate of drug-likeness (QED) is 0.517. The van der Waals surface area contributed by atoms with Crippen LogP contribution in [0.25, 0.3) is 0 Å². The minimum atomic E-state index is -0.673. The van der Waals surface area contributed by atoms with E-state index in [4.69, 9.17) is 14.3 Å². The number of ether oxygens (including phenoxy) is 2. The molecule has 3 atom stereocenters. The van der Waals surface area contributed by atoms with Crippen LogP contribution in [0.3, 0.4) is 0 Å². The lowest BCUT2D eigenvalue weighted by Crippen LogP contribution is -2.39. The highest BCUT2D eigenvalue weighted by atomic mass is 16.7. The molecule has 0 heterocycles. The summed E-state index contributed by atoms with van der Waals surface area (Å²) in [6, 6.07) is 15.3. The van der Waals surface area contributed by atoms with Crippen LogP contribution in [0, 0.1) is 5.41 Å². The van der Waals surface area contributed by atoms with E-state index in [9.17, 15) is 9.90 Å². The third kappa shape index (κ3) is 6.60. The number of benzene rings is 2. The summed E-state index contributed by atoms with van der Waals surface area (Å²) in [5.41, 5.74) is 4.65. The summed E-state index contributed by atoms with van der Waals surface area (Å²) in [5, 5.41) is 11.9. The van der Waals surface area contributed by atoms with Gasteiger partial charge in [-0.1, -0.05) is 63.2 Å². The van der Waals surface area contributed by atoms with Gasteiger partial charge in [-0.15, -0.1) is 5.48 Å². The van der Waals surface area contributed by atoms with E-state index in [1.807, 2.05) is 36.4 Å². The Kier molecular flexibility index (Phi) is 8.71. The average molecular weight is 431 g/mol. The Morgan fingerprint density at radius 1 is 1.03 bits per heavy atom. The fourth-order valence-electron chi connectivity index (χ4n) is 3.70. The summed E-state index contributed by atoms with van der Waals surface area (Å²) in [6.07, 6.45) is -1.35. The molecule has 0 saturated heterocycles. The molecule has 0 aromatic heterocycles. The van der Waals surface area contributed by atoms with Gasteiger partial charge in [0.15, 0.2) is 11.5 Å². The lowest BCUT2D eigenvalue weighted by molar-refractivity contribution is 0.0446. The Labute approximate surface area is 184 Å². The Morgan fingerprint density at radius 3 is 2.26 bits per heavy atom. The Bertz CT molecular complexity index is 834. The summed E-state index contributed by atoms with van der Waals surface area (Å²) in [4.78, 5) is 17.6. The van der Waals surface area contributed by atoms with Crippen molar-refractivity contribution in [3.8, 4) is 11.5 Å². The lowest BCUT2D eigenvalue weighted by Gasteiger charge is -2.38. The number of hydrogen-bond donors (Lipinski definition) is 3. The predicted octanol–water partition coefficient (Wildman–Crippen LogP) is 4.19. The van der Waals surface area contributed by atoms with Crippen molar-refractivity contribution in [1.82, 2.24) is 10.8 Å². The fourth-order valence-corrected chi connectivity index (χ4v) is 3.70. The van der Waals surface area contributed by atoms with Gasteiger partial charge in [-0.05, 0) is 24.0 Å². The number of amides is 1. The summed E-state index contributed by atoms with van der Waals surface area (Å²) in [5.74, 6) is 1.08. The topological polar surface area (TPSA) is 89.1 Å². The number of para-hydroxylation sites is 1. The summed E-state index contributed by atoms with van der Waals surface area (Å²) < 4.78 is 11.2. The number of hydroxylamine groups is 1. The van der Waals surface area contributed by atoms with Crippen LogP contribution in [0.2, 0.25) is 0 Å². The highest BCUT2D eigenvalue weighted by Gasteiger charge is 2.37. The lowest BCUT2D eigenvalue weighted by atomic mass is 9.70. The first kappa shape index (κ1) is 24.5. The van der Waals surface area contributed by atoms with E-state index in [0.29, 0.717) is 11.5 Å². The van der Waals surface area contributed by atoms with Gasteiger partial charge in [0.05, 0.1) is 26.4 Å². The summed E-state index contributed by atoms with van der Waals surface area (Å²) in [6.45, 7) is 8.09. The second kappa shape index (κ2) is 11.0. The molecule has 7 heteroatoms. The molecule has 0 fully saturated rings. The van der Waals surface area contributed by atoms with Crippen LogP contribution in [0.1, 0.15) is 50.8 Å². The van der Waals surface area contributed by atoms with Crippen molar-refractivity contribution in [3.63, 3.8) is 0 Å². The first-order valence-corrected chi connectivity index (χ1v) is 10.3. The molecule has 0 saturated carbocycles. The second-order valence-corrected chi connectivity index (χ2v) is 8.55. The predicted molar refractivity (Wildman–Crippen MR) is 120 cm³/mol. The number of carbonyl (C=O) groups excluding carboxylic acids is 1. The molecule has 0 spiro atoms. The maximum absolute atomic E-state index is 12.2. The van der Waals surface area contributed by atoms with Gasteiger partial charge in [0.2, 0.25) is 0 Å². The van der Waals surface area contributed by atoms with E-state index >= 15 is 0 Å². The molecule has 2 rings (SSSR count). The molecule has 31 heavy (non-hydrogen) atoms. The number of hydrogen-bond acceptors (Lipinski definition) is 6. The van der Waals surface area contributed by atoms with Gasteiger partial charge in [0, 0.05) is 18.0 Å². The van der Waals surface area contributed by atoms with Crippen molar-refractivity contribution in [2.45, 2.75) is 45.8 Å². The maximum atomic E-state index is 12.2. The van der Waals surface area contributed by atoms with Gasteiger partial charge >= 0.3 is 6.09 Å². The van der Waals surface area contributed by atoms with Crippen LogP contribution in [-0.4, -0.2) is 38.1 Å². The molecule has 0 radical (unpaired) electrons. The van der Waals surface area contributed by atoms with Crippen LogP contribution in [-0.2, 0) is 4.84 Å². The molecule has 3 N–H and O–H groups in total. The monoisotopic (exact) mass is 430 g/mol. The smallest absolute Gasteiger partial charge is 0.426 e. The van der Waals surface area contributed by atoms with Crippen LogP contribution in [0.5, 0.6) is 11.5 Å². The highest BCUT2D eigenvalue weighted by molar-refractivity contribution is 5.66. The molecule has 0 aliphatic heterocycles. The Hall–Kier alpha value is -2.77. The van der Waals surface area contributed by atoms with E-state index in [2.05, 4.69) is 43.7 Å². The SMILES string of the molecule is COc1cccc(C(NOC(=O)NCC(C)O)C(c2ccccc2)C(C)(C)C)c1OC. The number of rotatable bonds is 9. The molecule has 0 bridgehead atoms. The largest absolute Gasteiger partial charge is 0.493 e. The Balaban J connectivity index is 2.50. The minimum absolute atomic E-state index is 0.0840. The van der Waals surface area contributed by atoms with Crippen molar-refractivity contribution >= 4 is 6.09 Å². The zero-order valence-corrected chi connectivity index (χ0v) is 19.1. The van der Waals surface area contributed by atoms with Gasteiger partial charge in [-0.2, -0.15) is 0 Å². The molecule has 2 aromatic carbocycles. The maximum Gasteiger partial charge on any atom is 0.426 e. The van der Waals surface area contributed by atoms with E-state index < -0.39 is 18.2 Å². The van der Waals surface area contributed by atoms with Crippen molar-refractivity contribution in [2.24, 2.45) is 5.41 Å². The summed E-state index contributed by atoms with van der Waals surface area (Å²) >= 11 is 0. The van der Waals surface area contributed by atoms with E-state index in [-0.39, 0.29) is 17.9 Å². The van der Waals surface area contributed by atoms with Gasteiger partial charge < -0.3 is 24.7 Å². The normalized spacial score (nSPS) is 14.3. The number of methoxy groups -OCH3 is 2.